The van der Waals surface area contributed by atoms with Gasteiger partial charge in [-0.2, -0.15) is 0 Å². The number of nitrogens with zero attached hydrogens (tertiary/aromatic N) is 2. The molecule has 0 amide bonds. The molecule has 42 heavy (non-hydrogen) atoms. The molecule has 11 nitrogen and oxygen atoms in total. The van der Waals surface area contributed by atoms with Crippen molar-refractivity contribution in [1.82, 2.24) is 9.80 Å². The Morgan fingerprint density at radius 2 is 1.48 bits per heavy atom. The van der Waals surface area contributed by atoms with E-state index < -0.39 is 25.2 Å². The number of carbonyl (C=O) groups is 3. The number of fused-ring (bicyclic) bond motifs is 2. The number of benzene rings is 2. The first-order valence-corrected chi connectivity index (χ1v) is 15.1. The molecule has 1 saturated heterocycles. The Bertz CT molecular complexity index is 1240. The van der Waals surface area contributed by atoms with Crippen LogP contribution in [0.15, 0.2) is 69.3 Å². The molecule has 4 rings (SSSR count). The van der Waals surface area contributed by atoms with Gasteiger partial charge in [-0.15, -0.1) is 11.8 Å². The van der Waals surface area contributed by atoms with Crippen LogP contribution in [-0.2, 0) is 20.6 Å². The third kappa shape index (κ3) is 15.6. The molecule has 2 aromatic carbocycles. The van der Waals surface area contributed by atoms with Gasteiger partial charge in [-0.3, -0.25) is 4.90 Å². The van der Waals surface area contributed by atoms with E-state index >= 15 is 0 Å². The zero-order chi connectivity index (χ0) is 29.2. The van der Waals surface area contributed by atoms with Crippen molar-refractivity contribution in [2.24, 2.45) is 0 Å². The Hall–Kier alpha value is 0.360. The molecule has 17 heteroatoms. The number of hydrogen-bond donors (Lipinski definition) is 2. The zero-order valence-corrected chi connectivity index (χ0v) is 32.7. The van der Waals surface area contributed by atoms with E-state index in [1.54, 1.807) is 0 Å². The molecule has 1 unspecified atom stereocenters. The molecule has 0 saturated carbocycles. The number of piperazine rings is 1. The minimum atomic E-state index is -5.43. The molecule has 0 aliphatic carbocycles. The summed E-state index contributed by atoms with van der Waals surface area (Å²) in [7, 11) is -3.20. The molecule has 1 atom stereocenters. The van der Waals surface area contributed by atoms with Crippen LogP contribution in [-0.4, -0.2) is 77.1 Å². The maximum absolute atomic E-state index is 9.55. The molecular formula is C25H28N2Na3O9PS2. The Kier molecular flexibility index (Phi) is 23.3. The minimum Gasteiger partial charge on any atom is -0.807 e. The maximum Gasteiger partial charge on any atom is 1.00 e. The fraction of sp³-hybridized carbons (Fsp3) is 0.320. The summed E-state index contributed by atoms with van der Waals surface area (Å²) in [6.07, 6.45) is 4.41. The third-order valence-corrected chi connectivity index (χ3v) is 8.13. The van der Waals surface area contributed by atoms with Crippen LogP contribution in [0.1, 0.15) is 17.2 Å². The standard InChI is InChI=1S/C20H24N2S2.C4H4O4.CH3O5P.3Na/c1-21-9-11-22(12-10-21)18-13-15-5-3-4-6-19(15)24-20-8-7-16(23-2)14-17(18)20;5-3(6)1-2-4(7)8;2-1(3)7(4,5)6;;;/h3-8,14,18H,9-13H2,1-2H3;1-2H,(H,5,6)(H,7,8);(H,2,3)(H2,4,5,6);;;/q;;;3*+1/p-3. The minimum absolute atomic E-state index is 0. The number of hydrogen-bond acceptors (Lipinski definition) is 11. The molecule has 0 spiro atoms. The topological polar surface area (TPSA) is 184 Å². The van der Waals surface area contributed by atoms with Crippen LogP contribution < -0.4 is 104 Å². The van der Waals surface area contributed by atoms with E-state index in [9.17, 15) is 9.59 Å². The Labute approximate surface area is 319 Å². The summed E-state index contributed by atoms with van der Waals surface area (Å²) in [5.74, 6) is -2.51. The molecule has 1 fully saturated rings. The van der Waals surface area contributed by atoms with E-state index in [1.807, 2.05) is 23.5 Å². The zero-order valence-electron chi connectivity index (χ0n) is 24.2. The number of carbonyl (C=O) groups excluding carboxylic acids is 1. The normalized spacial score (nSPS) is 16.1. The molecule has 212 valence electrons. The van der Waals surface area contributed by atoms with E-state index in [-0.39, 0.29) is 88.7 Å². The second-order valence-electron chi connectivity index (χ2n) is 8.45. The van der Waals surface area contributed by atoms with Crippen molar-refractivity contribution in [3.05, 3.63) is 65.7 Å². The van der Waals surface area contributed by atoms with E-state index in [1.165, 1.54) is 38.9 Å². The van der Waals surface area contributed by atoms with Gasteiger partial charge in [0, 0.05) is 59.1 Å². The first kappa shape index (κ1) is 44.5. The van der Waals surface area contributed by atoms with Crippen molar-refractivity contribution in [2.75, 3.05) is 39.5 Å². The van der Waals surface area contributed by atoms with Crippen LogP contribution in [0.3, 0.4) is 0 Å². The monoisotopic (exact) mass is 664 g/mol. The maximum atomic E-state index is 9.55. The third-order valence-electron chi connectivity index (χ3n) is 5.75. The summed E-state index contributed by atoms with van der Waals surface area (Å²) in [6, 6.07) is 16.5. The Morgan fingerprint density at radius 1 is 0.952 bits per heavy atom. The number of carboxylic acids is 2. The van der Waals surface area contributed by atoms with E-state index in [2.05, 4.69) is 65.6 Å². The van der Waals surface area contributed by atoms with Crippen molar-refractivity contribution in [3.8, 4) is 0 Å². The van der Waals surface area contributed by atoms with Crippen LogP contribution in [0.5, 0.6) is 0 Å². The van der Waals surface area contributed by atoms with Crippen molar-refractivity contribution in [1.29, 1.82) is 0 Å². The summed E-state index contributed by atoms with van der Waals surface area (Å²) < 4.78 is 9.14. The molecule has 2 aromatic rings. The van der Waals surface area contributed by atoms with Gasteiger partial charge >= 0.3 is 101 Å². The predicted octanol–water partition coefficient (Wildman–Crippen LogP) is -7.63. The average Bonchev–Trinajstić information content (AvgIpc) is 3.04. The molecule has 2 heterocycles. The molecule has 0 bridgehead atoms. The summed E-state index contributed by atoms with van der Waals surface area (Å²) in [4.78, 5) is 55.8. The van der Waals surface area contributed by atoms with Crippen molar-refractivity contribution in [3.63, 3.8) is 0 Å². The fourth-order valence-electron chi connectivity index (χ4n) is 3.82. The number of rotatable bonds is 5. The molecule has 2 aliphatic heterocycles. The second kappa shape index (κ2) is 22.0. The van der Waals surface area contributed by atoms with E-state index in [4.69, 9.17) is 34.5 Å². The summed E-state index contributed by atoms with van der Waals surface area (Å²) in [5, 5.41) is 24.6. The van der Waals surface area contributed by atoms with Crippen LogP contribution in [0.4, 0.5) is 4.79 Å². The molecule has 2 N–H and O–H groups in total. The quantitative estimate of drug-likeness (QED) is 0.133. The predicted molar refractivity (Wildman–Crippen MR) is 142 cm³/mol. The molecule has 0 aromatic heterocycles. The second-order valence-corrected chi connectivity index (χ2v) is 11.8. The number of carboxylic acid groups (broad SMARTS) is 3. The van der Waals surface area contributed by atoms with Crippen LogP contribution in [0, 0.1) is 0 Å². The number of thioether (sulfide) groups is 1. The van der Waals surface area contributed by atoms with Gasteiger partial charge in [-0.25, -0.2) is 9.59 Å². The van der Waals surface area contributed by atoms with Gasteiger partial charge < -0.3 is 39.4 Å². The summed E-state index contributed by atoms with van der Waals surface area (Å²) >= 11 is 3.79. The van der Waals surface area contributed by atoms with Crippen molar-refractivity contribution < 1.29 is 133 Å². The van der Waals surface area contributed by atoms with Crippen molar-refractivity contribution >= 4 is 48.8 Å². The molecular weight excluding hydrogens is 636 g/mol. The van der Waals surface area contributed by atoms with Gasteiger partial charge in [-0.1, -0.05) is 30.0 Å². The fourth-order valence-corrected chi connectivity index (χ4v) is 5.38. The van der Waals surface area contributed by atoms with Gasteiger partial charge in [0.15, 0.2) is 0 Å². The van der Waals surface area contributed by atoms with Gasteiger partial charge in [0.1, 0.15) is 0 Å². The number of aliphatic carboxylic acids is 2. The SMILES string of the molecule is CSc1ccc2c(c1)C(N1CCN(C)CC1)Cc1ccccc1S2.O=C(O)C=CC(=O)O.O=C([O-])P(=O)([O-])[O-].[Na+].[Na+].[Na+]. The summed E-state index contributed by atoms with van der Waals surface area (Å²) in [6.45, 7) is 4.67. The largest absolute Gasteiger partial charge is 1.00 e. The Balaban J connectivity index is 0. The average molecular weight is 665 g/mol. The van der Waals surface area contributed by atoms with Crippen LogP contribution in [0.25, 0.3) is 0 Å². The van der Waals surface area contributed by atoms with E-state index in [0.29, 0.717) is 18.2 Å². The molecule has 0 radical (unpaired) electrons. The van der Waals surface area contributed by atoms with Crippen molar-refractivity contribution in [2.45, 2.75) is 27.1 Å². The first-order valence-electron chi connectivity index (χ1n) is 11.6. The van der Waals surface area contributed by atoms with Gasteiger partial charge in [-0.05, 0) is 62.7 Å². The smallest absolute Gasteiger partial charge is 0.807 e. The van der Waals surface area contributed by atoms with E-state index in [0.717, 1.165) is 19.5 Å². The van der Waals surface area contributed by atoms with Gasteiger partial charge in [0.2, 0.25) is 0 Å². The van der Waals surface area contributed by atoms with Gasteiger partial charge in [0.05, 0.1) is 5.71 Å². The number of likely N-dealkylation sites (N-methyl/N-ethyl adjacent to an activating group) is 1. The molecule has 2 aliphatic rings. The Morgan fingerprint density at radius 3 is 1.95 bits per heavy atom. The van der Waals surface area contributed by atoms with Gasteiger partial charge in [0.25, 0.3) is 0 Å². The van der Waals surface area contributed by atoms with Crippen LogP contribution >= 0.6 is 31.1 Å². The van der Waals surface area contributed by atoms with Crippen LogP contribution in [0.2, 0.25) is 0 Å². The summed E-state index contributed by atoms with van der Waals surface area (Å²) in [5.41, 5.74) is 0.452. The first-order chi connectivity index (χ1) is 18.3.